The molecular weight excluding hydrogens is 238 g/mol. The molecule has 1 N–H and O–H groups in total. The maximum absolute atomic E-state index is 5.36. The lowest BCUT2D eigenvalue weighted by molar-refractivity contribution is 0.353. The molecule has 0 aliphatic heterocycles. The van der Waals surface area contributed by atoms with Gasteiger partial charge in [0.15, 0.2) is 11.5 Å². The summed E-state index contributed by atoms with van der Waals surface area (Å²) in [7, 11) is 3.32. The molecule has 0 amide bonds. The number of allylic oxidation sites excluding steroid dienone is 1. The number of ether oxygens (including phenoxy) is 2. The molecule has 1 unspecified atom stereocenters. The van der Waals surface area contributed by atoms with E-state index in [9.17, 15) is 0 Å². The van der Waals surface area contributed by atoms with E-state index < -0.39 is 0 Å². The van der Waals surface area contributed by atoms with Crippen LogP contribution in [-0.2, 0) is 0 Å². The largest absolute Gasteiger partial charge is 0.493 e. The van der Waals surface area contributed by atoms with Crippen LogP contribution < -0.4 is 14.8 Å². The lowest BCUT2D eigenvalue weighted by Gasteiger charge is -2.20. The number of nitrogens with one attached hydrogen (secondary N) is 1. The van der Waals surface area contributed by atoms with Crippen molar-refractivity contribution >= 4 is 0 Å². The highest BCUT2D eigenvalue weighted by Gasteiger charge is 2.13. The number of rotatable bonds is 8. The third-order valence-electron chi connectivity index (χ3n) is 3.12. The molecule has 0 heterocycles. The molecule has 0 saturated heterocycles. The maximum atomic E-state index is 5.36. The summed E-state index contributed by atoms with van der Waals surface area (Å²) in [6.45, 7) is 9.10. The predicted octanol–water partition coefficient (Wildman–Crippen LogP) is 3.71. The molecule has 3 nitrogen and oxygen atoms in total. The average molecular weight is 263 g/mol. The van der Waals surface area contributed by atoms with E-state index in [-0.39, 0.29) is 0 Å². The van der Waals surface area contributed by atoms with E-state index in [0.29, 0.717) is 6.04 Å². The topological polar surface area (TPSA) is 30.5 Å². The van der Waals surface area contributed by atoms with Gasteiger partial charge in [-0.2, -0.15) is 0 Å². The Labute approximate surface area is 116 Å². The molecule has 19 heavy (non-hydrogen) atoms. The minimum Gasteiger partial charge on any atom is -0.493 e. The summed E-state index contributed by atoms with van der Waals surface area (Å²) in [5.41, 5.74) is 2.43. The van der Waals surface area contributed by atoms with Crippen molar-refractivity contribution in [2.75, 3.05) is 20.8 Å². The second-order valence-corrected chi connectivity index (χ2v) is 4.72. The molecular formula is C16H25NO2. The number of hydrogen-bond acceptors (Lipinski definition) is 3. The number of benzene rings is 1. The minimum atomic E-state index is 0.321. The highest BCUT2D eigenvalue weighted by molar-refractivity contribution is 5.43. The van der Waals surface area contributed by atoms with E-state index in [4.69, 9.17) is 9.47 Å². The summed E-state index contributed by atoms with van der Waals surface area (Å²) in [5, 5.41) is 3.51. The van der Waals surface area contributed by atoms with Gasteiger partial charge in [0.25, 0.3) is 0 Å². The van der Waals surface area contributed by atoms with Crippen LogP contribution in [0.4, 0.5) is 0 Å². The minimum absolute atomic E-state index is 0.321. The van der Waals surface area contributed by atoms with Crippen molar-refractivity contribution in [1.82, 2.24) is 5.32 Å². The Morgan fingerprint density at radius 1 is 1.26 bits per heavy atom. The predicted molar refractivity (Wildman–Crippen MR) is 80.0 cm³/mol. The smallest absolute Gasteiger partial charge is 0.161 e. The summed E-state index contributed by atoms with van der Waals surface area (Å²) in [6.07, 6.45) is 2.06. The summed E-state index contributed by atoms with van der Waals surface area (Å²) in [6, 6.07) is 6.42. The van der Waals surface area contributed by atoms with Gasteiger partial charge in [-0.15, -0.1) is 6.58 Å². The number of hydrogen-bond donors (Lipinski definition) is 1. The summed E-state index contributed by atoms with van der Waals surface area (Å²) >= 11 is 0. The average Bonchev–Trinajstić information content (AvgIpc) is 2.42. The Hall–Kier alpha value is -1.48. The molecule has 0 fully saturated rings. The zero-order chi connectivity index (χ0) is 14.3. The maximum Gasteiger partial charge on any atom is 0.161 e. The zero-order valence-electron chi connectivity index (χ0n) is 12.5. The van der Waals surface area contributed by atoms with Crippen LogP contribution in [0, 0.1) is 0 Å². The Morgan fingerprint density at radius 2 is 1.95 bits per heavy atom. The van der Waals surface area contributed by atoms with Crippen LogP contribution in [0.1, 0.15) is 38.3 Å². The summed E-state index contributed by atoms with van der Waals surface area (Å²) in [5.74, 6) is 1.54. The first kappa shape index (κ1) is 15.6. The highest BCUT2D eigenvalue weighted by Crippen LogP contribution is 2.31. The van der Waals surface area contributed by atoms with Gasteiger partial charge in [0.1, 0.15) is 0 Å². The Bertz CT molecular complexity index is 415. The van der Waals surface area contributed by atoms with Crippen LogP contribution in [0.25, 0.3) is 0 Å². The van der Waals surface area contributed by atoms with E-state index in [1.165, 1.54) is 11.1 Å². The Balaban J connectivity index is 2.91. The molecule has 3 heteroatoms. The van der Waals surface area contributed by atoms with Gasteiger partial charge in [0.05, 0.1) is 14.2 Å². The first-order valence-corrected chi connectivity index (χ1v) is 6.72. The molecule has 0 spiro atoms. The van der Waals surface area contributed by atoms with Crippen molar-refractivity contribution in [3.8, 4) is 11.5 Å². The second-order valence-electron chi connectivity index (χ2n) is 4.72. The fourth-order valence-electron chi connectivity index (χ4n) is 2.09. The highest BCUT2D eigenvalue weighted by atomic mass is 16.5. The first-order chi connectivity index (χ1) is 9.12. The molecule has 0 aromatic heterocycles. The third-order valence-corrected chi connectivity index (χ3v) is 3.12. The van der Waals surface area contributed by atoms with Crippen LogP contribution in [-0.4, -0.2) is 20.8 Å². The molecule has 1 aromatic carbocycles. The van der Waals surface area contributed by atoms with E-state index in [0.717, 1.165) is 30.9 Å². The van der Waals surface area contributed by atoms with E-state index in [2.05, 4.69) is 31.8 Å². The Morgan fingerprint density at radius 3 is 2.47 bits per heavy atom. The van der Waals surface area contributed by atoms with Crippen molar-refractivity contribution in [2.45, 2.75) is 32.7 Å². The van der Waals surface area contributed by atoms with Gasteiger partial charge < -0.3 is 14.8 Å². The fraction of sp³-hybridized carbons (Fsp3) is 0.500. The molecule has 106 valence electrons. The quantitative estimate of drug-likeness (QED) is 0.725. The number of methoxy groups -OCH3 is 2. The monoisotopic (exact) mass is 263 g/mol. The molecule has 1 aromatic rings. The van der Waals surface area contributed by atoms with Crippen LogP contribution >= 0.6 is 0 Å². The molecule has 0 radical (unpaired) electrons. The molecule has 1 rings (SSSR count). The summed E-state index contributed by atoms with van der Waals surface area (Å²) < 4.78 is 10.6. The molecule has 0 aliphatic rings. The Kier molecular flexibility index (Phi) is 6.43. The van der Waals surface area contributed by atoms with Crippen molar-refractivity contribution in [3.63, 3.8) is 0 Å². The van der Waals surface area contributed by atoms with Gasteiger partial charge in [-0.3, -0.25) is 0 Å². The van der Waals surface area contributed by atoms with Gasteiger partial charge in [0, 0.05) is 6.04 Å². The van der Waals surface area contributed by atoms with Crippen LogP contribution in [0.5, 0.6) is 11.5 Å². The van der Waals surface area contributed by atoms with Crippen LogP contribution in [0.3, 0.4) is 0 Å². The van der Waals surface area contributed by atoms with Gasteiger partial charge in [-0.05, 0) is 44.0 Å². The van der Waals surface area contributed by atoms with Gasteiger partial charge in [-0.1, -0.05) is 18.6 Å². The van der Waals surface area contributed by atoms with Crippen molar-refractivity contribution in [3.05, 3.63) is 35.9 Å². The van der Waals surface area contributed by atoms with Crippen LogP contribution in [0.15, 0.2) is 30.4 Å². The third kappa shape index (κ3) is 4.60. The SMILES string of the molecule is C=C(C)CCC(NCC)c1ccc(OC)c(OC)c1. The van der Waals surface area contributed by atoms with Gasteiger partial charge in [0.2, 0.25) is 0 Å². The van der Waals surface area contributed by atoms with Crippen LogP contribution in [0.2, 0.25) is 0 Å². The van der Waals surface area contributed by atoms with E-state index in [1.807, 2.05) is 12.1 Å². The zero-order valence-corrected chi connectivity index (χ0v) is 12.5. The van der Waals surface area contributed by atoms with Crippen molar-refractivity contribution < 1.29 is 9.47 Å². The van der Waals surface area contributed by atoms with Gasteiger partial charge in [-0.25, -0.2) is 0 Å². The molecule has 1 atom stereocenters. The lowest BCUT2D eigenvalue weighted by Crippen LogP contribution is -2.21. The summed E-state index contributed by atoms with van der Waals surface area (Å²) in [4.78, 5) is 0. The first-order valence-electron chi connectivity index (χ1n) is 6.72. The molecule has 0 bridgehead atoms. The second kappa shape index (κ2) is 7.85. The van der Waals surface area contributed by atoms with E-state index in [1.54, 1.807) is 14.2 Å². The van der Waals surface area contributed by atoms with Gasteiger partial charge >= 0.3 is 0 Å². The van der Waals surface area contributed by atoms with Crippen molar-refractivity contribution in [1.29, 1.82) is 0 Å². The standard InChI is InChI=1S/C16H25NO2/c1-6-17-14(9-7-12(2)3)13-8-10-15(18-4)16(11-13)19-5/h8,10-11,14,17H,2,6-7,9H2,1,3-5H3. The molecule has 0 aliphatic carbocycles. The molecule has 0 saturated carbocycles. The normalized spacial score (nSPS) is 12.0. The fourth-order valence-corrected chi connectivity index (χ4v) is 2.09. The van der Waals surface area contributed by atoms with E-state index >= 15 is 0 Å². The lowest BCUT2D eigenvalue weighted by atomic mass is 9.99. The van der Waals surface area contributed by atoms with Crippen molar-refractivity contribution in [2.24, 2.45) is 0 Å².